The minimum Gasteiger partial charge on any atom is -0.194 e. The van der Waals surface area contributed by atoms with Gasteiger partial charge in [-0.3, -0.25) is 0 Å². The number of thioether (sulfide) groups is 1. The SMILES string of the molecule is FC(F)(Br)CC1CCS1. The Balaban J connectivity index is 2.16. The summed E-state index contributed by atoms with van der Waals surface area (Å²) in [4.78, 5) is -2.63. The number of hydrogen-bond acceptors (Lipinski definition) is 1. The number of rotatable bonds is 2. The van der Waals surface area contributed by atoms with Crippen LogP contribution in [0.15, 0.2) is 0 Å². The molecule has 1 atom stereocenters. The van der Waals surface area contributed by atoms with Crippen molar-refractivity contribution in [2.45, 2.75) is 22.9 Å². The number of alkyl halides is 3. The van der Waals surface area contributed by atoms with Crippen LogP contribution in [0.5, 0.6) is 0 Å². The fourth-order valence-corrected chi connectivity index (χ4v) is 2.20. The lowest BCUT2D eigenvalue weighted by molar-refractivity contribution is 0.102. The van der Waals surface area contributed by atoms with Gasteiger partial charge in [-0.15, -0.1) is 0 Å². The molecule has 1 heterocycles. The third-order valence-corrected chi connectivity index (χ3v) is 2.92. The van der Waals surface area contributed by atoms with Gasteiger partial charge in [0.15, 0.2) is 0 Å². The Morgan fingerprint density at radius 2 is 2.22 bits per heavy atom. The Bertz CT molecular complexity index is 97.6. The second kappa shape index (κ2) is 2.74. The lowest BCUT2D eigenvalue weighted by Crippen LogP contribution is -2.22. The maximum Gasteiger partial charge on any atom is 0.302 e. The van der Waals surface area contributed by atoms with Crippen molar-refractivity contribution in [3.8, 4) is 0 Å². The van der Waals surface area contributed by atoms with E-state index in [1.165, 1.54) is 0 Å². The molecule has 1 rings (SSSR count). The second-order valence-electron chi connectivity index (χ2n) is 2.10. The number of halogens is 3. The quantitative estimate of drug-likeness (QED) is 0.641. The zero-order valence-electron chi connectivity index (χ0n) is 4.74. The average Bonchev–Trinajstić information content (AvgIpc) is 1.53. The topological polar surface area (TPSA) is 0 Å². The summed E-state index contributed by atoms with van der Waals surface area (Å²) in [6.45, 7) is 0. The fraction of sp³-hybridized carbons (Fsp3) is 1.00. The highest BCUT2D eigenvalue weighted by Gasteiger charge is 2.32. The summed E-state index contributed by atoms with van der Waals surface area (Å²) in [5.74, 6) is 1.05. The minimum atomic E-state index is -2.63. The zero-order valence-corrected chi connectivity index (χ0v) is 7.14. The molecule has 9 heavy (non-hydrogen) atoms. The summed E-state index contributed by atoms with van der Waals surface area (Å²) in [6.07, 6.45) is 0.934. The van der Waals surface area contributed by atoms with Gasteiger partial charge in [-0.05, 0) is 28.1 Å². The molecule has 1 aliphatic rings. The highest BCUT2D eigenvalue weighted by atomic mass is 79.9. The molecule has 1 fully saturated rings. The van der Waals surface area contributed by atoms with Gasteiger partial charge in [0, 0.05) is 11.7 Å². The van der Waals surface area contributed by atoms with E-state index in [1.54, 1.807) is 11.8 Å². The van der Waals surface area contributed by atoms with Crippen LogP contribution in [0.1, 0.15) is 12.8 Å². The van der Waals surface area contributed by atoms with Gasteiger partial charge in [-0.2, -0.15) is 20.5 Å². The molecule has 0 aromatic rings. The van der Waals surface area contributed by atoms with E-state index in [0.717, 1.165) is 12.2 Å². The van der Waals surface area contributed by atoms with Crippen molar-refractivity contribution in [1.82, 2.24) is 0 Å². The average molecular weight is 217 g/mol. The highest BCUT2D eigenvalue weighted by molar-refractivity contribution is 9.10. The molecule has 4 heteroatoms. The van der Waals surface area contributed by atoms with Crippen LogP contribution in [0.3, 0.4) is 0 Å². The Morgan fingerprint density at radius 1 is 1.67 bits per heavy atom. The van der Waals surface area contributed by atoms with Gasteiger partial charge in [0.25, 0.3) is 0 Å². The minimum absolute atomic E-state index is 0.0162. The van der Waals surface area contributed by atoms with Gasteiger partial charge >= 0.3 is 4.83 Å². The molecular formula is C5H7BrF2S. The molecule has 1 unspecified atom stereocenters. The smallest absolute Gasteiger partial charge is 0.194 e. The maximum atomic E-state index is 12.1. The second-order valence-corrected chi connectivity index (χ2v) is 4.67. The Kier molecular flexibility index (Phi) is 2.37. The van der Waals surface area contributed by atoms with E-state index in [-0.39, 0.29) is 11.7 Å². The Morgan fingerprint density at radius 3 is 2.33 bits per heavy atom. The van der Waals surface area contributed by atoms with Crippen LogP contribution >= 0.6 is 27.7 Å². The summed E-state index contributed by atoms with van der Waals surface area (Å²) in [5.41, 5.74) is 0. The Hall–Kier alpha value is 0.690. The van der Waals surface area contributed by atoms with Crippen LogP contribution < -0.4 is 0 Å². The molecule has 0 bridgehead atoms. The molecule has 0 N–H and O–H groups in total. The van der Waals surface area contributed by atoms with Crippen LogP contribution in [-0.4, -0.2) is 15.8 Å². The van der Waals surface area contributed by atoms with Crippen molar-refractivity contribution >= 4 is 27.7 Å². The first-order chi connectivity index (χ1) is 4.08. The molecule has 0 aromatic carbocycles. The van der Waals surface area contributed by atoms with E-state index in [2.05, 4.69) is 15.9 Å². The summed E-state index contributed by atoms with van der Waals surface area (Å²) in [6, 6.07) is 0. The van der Waals surface area contributed by atoms with Crippen LogP contribution in [0.2, 0.25) is 0 Å². The predicted octanol–water partition coefficient (Wildman–Crippen LogP) is 2.87. The zero-order chi connectivity index (χ0) is 6.91. The molecule has 0 aliphatic carbocycles. The fourth-order valence-electron chi connectivity index (χ4n) is 0.704. The lowest BCUT2D eigenvalue weighted by atomic mass is 10.2. The van der Waals surface area contributed by atoms with Gasteiger partial charge in [-0.1, -0.05) is 0 Å². The summed E-state index contributed by atoms with van der Waals surface area (Å²) < 4.78 is 24.2. The largest absolute Gasteiger partial charge is 0.302 e. The molecule has 1 saturated heterocycles. The molecule has 0 saturated carbocycles. The molecule has 0 aromatic heterocycles. The van der Waals surface area contributed by atoms with Crippen molar-refractivity contribution < 1.29 is 8.78 Å². The monoisotopic (exact) mass is 216 g/mol. The predicted molar refractivity (Wildman–Crippen MR) is 39.4 cm³/mol. The van der Waals surface area contributed by atoms with Crippen molar-refractivity contribution in [3.05, 3.63) is 0 Å². The molecule has 54 valence electrons. The van der Waals surface area contributed by atoms with E-state index >= 15 is 0 Å². The normalized spacial score (nSPS) is 27.7. The first-order valence-corrected chi connectivity index (χ1v) is 4.60. The van der Waals surface area contributed by atoms with E-state index in [0.29, 0.717) is 0 Å². The van der Waals surface area contributed by atoms with Gasteiger partial charge in [-0.25, -0.2) is 0 Å². The van der Waals surface area contributed by atoms with Gasteiger partial charge < -0.3 is 0 Å². The van der Waals surface area contributed by atoms with Gasteiger partial charge in [0.1, 0.15) is 0 Å². The van der Waals surface area contributed by atoms with Crippen LogP contribution in [0.4, 0.5) is 8.78 Å². The van der Waals surface area contributed by atoms with E-state index < -0.39 is 4.83 Å². The van der Waals surface area contributed by atoms with Crippen molar-refractivity contribution in [2.24, 2.45) is 0 Å². The van der Waals surface area contributed by atoms with Gasteiger partial charge in [0.2, 0.25) is 0 Å². The molecular weight excluding hydrogens is 210 g/mol. The van der Waals surface area contributed by atoms with Crippen molar-refractivity contribution in [3.63, 3.8) is 0 Å². The summed E-state index contributed by atoms with van der Waals surface area (Å²) >= 11 is 3.93. The highest BCUT2D eigenvalue weighted by Crippen LogP contribution is 2.38. The van der Waals surface area contributed by atoms with Gasteiger partial charge in [0.05, 0.1) is 0 Å². The lowest BCUT2D eigenvalue weighted by Gasteiger charge is -2.26. The molecule has 1 aliphatic heterocycles. The van der Waals surface area contributed by atoms with Crippen LogP contribution in [-0.2, 0) is 0 Å². The molecule has 0 spiro atoms. The van der Waals surface area contributed by atoms with Crippen molar-refractivity contribution in [2.75, 3.05) is 5.75 Å². The third-order valence-electron chi connectivity index (χ3n) is 1.25. The Labute approximate surface area is 65.5 Å². The number of hydrogen-bond donors (Lipinski definition) is 0. The van der Waals surface area contributed by atoms with E-state index in [4.69, 9.17) is 0 Å². The van der Waals surface area contributed by atoms with E-state index in [1.807, 2.05) is 0 Å². The first kappa shape index (κ1) is 7.79. The molecule has 0 amide bonds. The van der Waals surface area contributed by atoms with Crippen molar-refractivity contribution in [1.29, 1.82) is 0 Å². The molecule has 0 radical (unpaired) electrons. The standard InChI is InChI=1S/C5H7BrF2S/c6-5(7,8)3-4-1-2-9-4/h4H,1-3H2. The summed E-state index contributed by atoms with van der Waals surface area (Å²) in [5, 5.41) is 0.194. The maximum absolute atomic E-state index is 12.1. The van der Waals surface area contributed by atoms with E-state index in [9.17, 15) is 8.78 Å². The first-order valence-electron chi connectivity index (χ1n) is 2.76. The molecule has 0 nitrogen and oxygen atoms in total. The van der Waals surface area contributed by atoms with Crippen LogP contribution in [0, 0.1) is 0 Å². The van der Waals surface area contributed by atoms with Crippen LogP contribution in [0.25, 0.3) is 0 Å². The third kappa shape index (κ3) is 2.85. The summed E-state index contributed by atoms with van der Waals surface area (Å²) in [7, 11) is 0.